The fraction of sp³-hybridized carbons (Fsp3) is 0.667. The fourth-order valence-electron chi connectivity index (χ4n) is 4.18. The van der Waals surface area contributed by atoms with Gasteiger partial charge in [-0.2, -0.15) is 0 Å². The third-order valence-electron chi connectivity index (χ3n) is 4.59. The van der Waals surface area contributed by atoms with Crippen LogP contribution in [-0.4, -0.2) is 38.2 Å². The van der Waals surface area contributed by atoms with Gasteiger partial charge in [-0.1, -0.05) is 98.9 Å². The molecule has 3 heteroatoms. The van der Waals surface area contributed by atoms with E-state index in [0.29, 0.717) is 0 Å². The summed E-state index contributed by atoms with van der Waals surface area (Å²) in [5, 5.41) is 0. The number of hydrogen-bond donors (Lipinski definition) is 0. The average molecular weight is 541 g/mol. The van der Waals surface area contributed by atoms with Crippen LogP contribution in [0.2, 0.25) is 0 Å². The average Bonchev–Trinajstić information content (AvgIpc) is 2.54. The summed E-state index contributed by atoms with van der Waals surface area (Å²) in [6.45, 7) is 28.2. The van der Waals surface area contributed by atoms with Gasteiger partial charge in [0.25, 0.3) is 0 Å². The molecule has 1 rings (SSSR count). The van der Waals surface area contributed by atoms with Gasteiger partial charge >= 0.3 is 64.1 Å². The summed E-state index contributed by atoms with van der Waals surface area (Å²) < 4.78 is 2.85. The van der Waals surface area contributed by atoms with Crippen molar-refractivity contribution in [1.29, 1.82) is 0 Å². The van der Waals surface area contributed by atoms with E-state index < -0.39 is 0 Å². The summed E-state index contributed by atoms with van der Waals surface area (Å²) in [5.41, 5.74) is 6.57. The molecule has 0 heterocycles. The first-order valence-electron chi connectivity index (χ1n) is 11.1. The molecule has 0 radical (unpaired) electrons. The molecule has 0 aliphatic heterocycles. The van der Waals surface area contributed by atoms with Crippen LogP contribution in [0.5, 0.6) is 0 Å². The van der Waals surface area contributed by atoms with Crippen molar-refractivity contribution in [3.8, 4) is 0 Å². The maximum atomic E-state index is 2.85. The van der Waals surface area contributed by atoms with Crippen LogP contribution in [0.3, 0.4) is 0 Å². The normalized spacial score (nSPS) is 10.8. The molecular weight excluding hydrogens is 489 g/mol. The Morgan fingerprint density at radius 3 is 1.03 bits per heavy atom. The van der Waals surface area contributed by atoms with Crippen molar-refractivity contribution < 1.29 is 17.9 Å². The van der Waals surface area contributed by atoms with E-state index in [2.05, 4.69) is 105 Å². The summed E-state index contributed by atoms with van der Waals surface area (Å²) in [6.07, 6.45) is 1.91. The molecule has 0 saturated heterocycles. The van der Waals surface area contributed by atoms with E-state index in [1.165, 1.54) is 5.56 Å². The van der Waals surface area contributed by atoms with Gasteiger partial charge in [-0.25, -0.2) is 0 Å². The van der Waals surface area contributed by atoms with Crippen molar-refractivity contribution in [2.75, 3.05) is 0 Å². The summed E-state index contributed by atoms with van der Waals surface area (Å²) in [7, 11) is 0.525. The van der Waals surface area contributed by atoms with Gasteiger partial charge in [0.2, 0.25) is 0 Å². The Labute approximate surface area is 203 Å². The van der Waals surface area contributed by atoms with Crippen molar-refractivity contribution in [1.82, 2.24) is 0 Å². The van der Waals surface area contributed by atoms with Crippen LogP contribution in [0.1, 0.15) is 88.6 Å². The van der Waals surface area contributed by atoms with Crippen LogP contribution in [0.25, 0.3) is 6.08 Å². The predicted octanol–water partition coefficient (Wildman–Crippen LogP) is 9.48. The van der Waals surface area contributed by atoms with Crippen LogP contribution in [-0.2, 0) is 17.9 Å². The minimum absolute atomic E-state index is 0. The quantitative estimate of drug-likeness (QED) is 0.184. The van der Waals surface area contributed by atoms with Crippen molar-refractivity contribution in [2.45, 2.75) is 117 Å². The van der Waals surface area contributed by atoms with E-state index >= 15 is 0 Å². The van der Waals surface area contributed by atoms with E-state index in [4.69, 9.17) is 0 Å². The summed E-state index contributed by atoms with van der Waals surface area (Å²) in [4.78, 5) is 0. The van der Waals surface area contributed by atoms with E-state index in [1.807, 2.05) is 36.4 Å². The standard InChI is InChI=1S/2C9H21P.C8H6.CH3.Rh/c2*1-7(2)10(8(3)4)9(5)6;1-2-8-6-4-3-5-7-8;;/h2*7-9H,1-6H3;2-7H;1H3;/q;;;-1;. The van der Waals surface area contributed by atoms with E-state index in [-0.39, 0.29) is 23.3 Å². The van der Waals surface area contributed by atoms with E-state index in [1.54, 1.807) is 0 Å². The Kier molecular flexibility index (Phi) is 23.3. The molecule has 30 heavy (non-hydrogen) atoms. The molecular formula is C27H51P2Rh-. The number of benzene rings is 1. The molecule has 0 bridgehead atoms. The second kappa shape index (κ2) is 20.0. The Bertz CT molecular complexity index is 479. The third-order valence-corrected chi connectivity index (χ3v) is 12.0. The molecule has 179 valence electrons. The molecule has 0 unspecified atom stereocenters. The van der Waals surface area contributed by atoms with Gasteiger partial charge in [-0.15, -0.1) is 0 Å². The Hall–Kier alpha value is 0.353. The summed E-state index contributed by atoms with van der Waals surface area (Å²) >= 11 is 2.59. The first-order chi connectivity index (χ1) is 13.4. The van der Waals surface area contributed by atoms with Gasteiger partial charge in [0.05, 0.1) is 0 Å². The molecule has 0 aliphatic rings. The molecule has 0 aliphatic carbocycles. The van der Waals surface area contributed by atoms with E-state index in [0.717, 1.165) is 34.0 Å². The monoisotopic (exact) mass is 540 g/mol. The molecule has 0 N–H and O–H groups in total. The van der Waals surface area contributed by atoms with Gasteiger partial charge in [0, 0.05) is 0 Å². The summed E-state index contributed by atoms with van der Waals surface area (Å²) in [5.74, 6) is 0. The Morgan fingerprint density at radius 1 is 0.600 bits per heavy atom. The van der Waals surface area contributed by atoms with E-state index in [9.17, 15) is 0 Å². The second-order valence-corrected chi connectivity index (χ2v) is 17.6. The molecule has 0 atom stereocenters. The van der Waals surface area contributed by atoms with Gasteiger partial charge in [0.15, 0.2) is 0 Å². The summed E-state index contributed by atoms with van der Waals surface area (Å²) in [6, 6.07) is 10.1. The zero-order valence-corrected chi connectivity index (χ0v) is 25.6. The number of hydrogen-bond acceptors (Lipinski definition) is 0. The van der Waals surface area contributed by atoms with Crippen LogP contribution in [0, 0.1) is 7.43 Å². The fourth-order valence-corrected chi connectivity index (χ4v) is 11.6. The van der Waals surface area contributed by atoms with Gasteiger partial charge < -0.3 is 7.43 Å². The Morgan fingerprint density at radius 2 is 0.867 bits per heavy atom. The minimum atomic E-state index is 0. The molecule has 1 aromatic carbocycles. The van der Waals surface area contributed by atoms with Gasteiger partial charge in [0.1, 0.15) is 0 Å². The van der Waals surface area contributed by atoms with Gasteiger partial charge in [-0.05, 0) is 34.0 Å². The predicted molar refractivity (Wildman–Crippen MR) is 147 cm³/mol. The molecule has 0 aromatic heterocycles. The van der Waals surface area contributed by atoms with Crippen LogP contribution in [0.15, 0.2) is 30.3 Å². The molecule has 0 nitrogen and oxygen atoms in total. The zero-order valence-electron chi connectivity index (χ0n) is 22.2. The van der Waals surface area contributed by atoms with Crippen molar-refractivity contribution in [2.24, 2.45) is 0 Å². The topological polar surface area (TPSA) is 0 Å². The van der Waals surface area contributed by atoms with Crippen molar-refractivity contribution >= 4 is 26.2 Å². The zero-order chi connectivity index (χ0) is 23.1. The number of rotatable bonds is 7. The van der Waals surface area contributed by atoms with Crippen LogP contribution >= 0.6 is 15.8 Å². The second-order valence-electron chi connectivity index (χ2n) is 9.11. The van der Waals surface area contributed by atoms with Crippen molar-refractivity contribution in [3.05, 3.63) is 43.3 Å². The van der Waals surface area contributed by atoms with Crippen LogP contribution in [0.4, 0.5) is 0 Å². The van der Waals surface area contributed by atoms with Crippen LogP contribution < -0.4 is 0 Å². The molecule has 1 aromatic rings. The third kappa shape index (κ3) is 17.0. The Balaban J connectivity index is -0.000000359. The molecule has 0 saturated carbocycles. The van der Waals surface area contributed by atoms with Gasteiger partial charge in [-0.3, -0.25) is 0 Å². The van der Waals surface area contributed by atoms with Crippen molar-refractivity contribution in [3.63, 3.8) is 0 Å². The maximum absolute atomic E-state index is 2.85. The first-order valence-corrected chi connectivity index (χ1v) is 15.0. The molecule has 0 amide bonds. The molecule has 0 fully saturated rings. The molecule has 0 spiro atoms. The first kappa shape index (κ1) is 35.0. The SMILES string of the molecule is CC(C)P(C(C)C)C(C)C.CC(C)P(C(C)C)C(C)C.[CH3-].[Rh]=[C]=Cc1ccccc1.